The number of likely N-dealkylation sites (N-methyl/N-ethyl adjacent to an activating group) is 2. The summed E-state index contributed by atoms with van der Waals surface area (Å²) in [5.41, 5.74) is 0. The molecule has 0 aromatic carbocycles. The molecule has 2 amide bonds. The lowest BCUT2D eigenvalue weighted by atomic mass is 10.2. The molecule has 0 rings (SSSR count). The van der Waals surface area contributed by atoms with E-state index in [0.29, 0.717) is 12.2 Å². The highest BCUT2D eigenvalue weighted by Gasteiger charge is 2.29. The van der Waals surface area contributed by atoms with E-state index in [9.17, 15) is 9.59 Å². The molecule has 2 unspecified atom stereocenters. The molecule has 0 aliphatic rings. The highest BCUT2D eigenvalue weighted by Crippen LogP contribution is 2.18. The zero-order valence-corrected chi connectivity index (χ0v) is 14.2. The van der Waals surface area contributed by atoms with Gasteiger partial charge in [0, 0.05) is 26.3 Å². The number of carbonyl (C=O) groups is 2. The summed E-state index contributed by atoms with van der Waals surface area (Å²) < 4.78 is 0. The van der Waals surface area contributed by atoms with Crippen molar-refractivity contribution >= 4 is 33.4 Å². The average Bonchev–Trinajstić information content (AvgIpc) is 2.43. The van der Waals surface area contributed by atoms with E-state index in [1.54, 1.807) is 35.6 Å². The first-order valence-corrected chi connectivity index (χ1v) is 9.00. The third kappa shape index (κ3) is 5.90. The first-order chi connectivity index (χ1) is 9.23. The van der Waals surface area contributed by atoms with Crippen LogP contribution in [-0.2, 0) is 9.59 Å². The third-order valence-corrected chi connectivity index (χ3v) is 5.05. The van der Waals surface area contributed by atoms with Crippen molar-refractivity contribution in [1.82, 2.24) is 9.80 Å². The van der Waals surface area contributed by atoms with E-state index in [0.717, 1.165) is 0 Å². The highest BCUT2D eigenvalue weighted by atomic mass is 33.1. The molecule has 0 saturated carbocycles. The Hall–Kier alpha value is -0.440. The molecule has 0 aliphatic heterocycles. The van der Waals surface area contributed by atoms with Crippen LogP contribution in [0.3, 0.4) is 0 Å². The van der Waals surface area contributed by atoms with Crippen molar-refractivity contribution < 1.29 is 19.8 Å². The first-order valence-electron chi connectivity index (χ1n) is 6.28. The van der Waals surface area contributed by atoms with Crippen molar-refractivity contribution in [2.75, 3.05) is 26.1 Å². The topological polar surface area (TPSA) is 81.1 Å². The van der Waals surface area contributed by atoms with Gasteiger partial charge in [0.15, 0.2) is 6.29 Å². The second kappa shape index (κ2) is 9.49. The van der Waals surface area contributed by atoms with E-state index >= 15 is 0 Å². The lowest BCUT2D eigenvalue weighted by Crippen LogP contribution is -2.51. The van der Waals surface area contributed by atoms with Crippen molar-refractivity contribution in [3.63, 3.8) is 0 Å². The molecule has 2 N–H and O–H groups in total. The third-order valence-electron chi connectivity index (χ3n) is 3.24. The van der Waals surface area contributed by atoms with Crippen LogP contribution in [0.15, 0.2) is 0 Å². The Bertz CT molecular complexity index is 329. The molecule has 0 aliphatic carbocycles. The van der Waals surface area contributed by atoms with E-state index in [2.05, 4.69) is 0 Å². The Labute approximate surface area is 128 Å². The second-order valence-electron chi connectivity index (χ2n) is 4.52. The summed E-state index contributed by atoms with van der Waals surface area (Å²) in [4.78, 5) is 26.7. The first kappa shape index (κ1) is 19.6. The van der Waals surface area contributed by atoms with Crippen molar-refractivity contribution in [2.24, 2.45) is 0 Å². The van der Waals surface area contributed by atoms with Gasteiger partial charge in [0.2, 0.25) is 11.8 Å². The molecule has 0 spiro atoms. The standard InChI is InChI=1S/C12H24N2O4S2/c1-8(11(16)14(4)9(2)12(17)18)13(3)10(15)6-7-20-19-5/h8-9,12,17-18H,6-7H2,1-5H3. The highest BCUT2D eigenvalue weighted by molar-refractivity contribution is 8.76. The SMILES string of the molecule is CSSCCC(=O)N(C)C(C)C(=O)N(C)C(C)C(O)O. The van der Waals surface area contributed by atoms with Crippen LogP contribution in [0.5, 0.6) is 0 Å². The van der Waals surface area contributed by atoms with Crippen LogP contribution in [0, 0.1) is 0 Å². The van der Waals surface area contributed by atoms with Gasteiger partial charge in [0.25, 0.3) is 0 Å². The number of hydrogen-bond acceptors (Lipinski definition) is 6. The van der Waals surface area contributed by atoms with Crippen LogP contribution in [0.4, 0.5) is 0 Å². The molecule has 0 saturated heterocycles. The Kier molecular flexibility index (Phi) is 9.28. The average molecular weight is 324 g/mol. The number of aliphatic hydroxyl groups excluding tert-OH is 1. The number of amides is 2. The van der Waals surface area contributed by atoms with E-state index in [1.807, 2.05) is 6.26 Å². The zero-order valence-electron chi connectivity index (χ0n) is 12.6. The van der Waals surface area contributed by atoms with Gasteiger partial charge < -0.3 is 20.0 Å². The minimum Gasteiger partial charge on any atom is -0.366 e. The van der Waals surface area contributed by atoms with Gasteiger partial charge in [-0.25, -0.2) is 0 Å². The molecule has 118 valence electrons. The lowest BCUT2D eigenvalue weighted by molar-refractivity contribution is -0.151. The summed E-state index contributed by atoms with van der Waals surface area (Å²) >= 11 is 0. The van der Waals surface area contributed by atoms with Gasteiger partial charge in [-0.3, -0.25) is 9.59 Å². The molecule has 8 heteroatoms. The van der Waals surface area contributed by atoms with Crippen molar-refractivity contribution in [3.8, 4) is 0 Å². The number of carbonyl (C=O) groups excluding carboxylic acids is 2. The smallest absolute Gasteiger partial charge is 0.245 e. The Morgan fingerprint density at radius 2 is 1.70 bits per heavy atom. The molecule has 0 aromatic rings. The molecule has 2 atom stereocenters. The molecule has 6 nitrogen and oxygen atoms in total. The van der Waals surface area contributed by atoms with Gasteiger partial charge in [0.1, 0.15) is 6.04 Å². The summed E-state index contributed by atoms with van der Waals surface area (Å²) in [5, 5.41) is 18.2. The zero-order chi connectivity index (χ0) is 15.9. The fourth-order valence-electron chi connectivity index (χ4n) is 1.47. The van der Waals surface area contributed by atoms with Crippen molar-refractivity contribution in [2.45, 2.75) is 38.6 Å². The summed E-state index contributed by atoms with van der Waals surface area (Å²) in [5.74, 6) is 0.282. The largest absolute Gasteiger partial charge is 0.366 e. The van der Waals surface area contributed by atoms with Gasteiger partial charge in [0.05, 0.1) is 6.04 Å². The summed E-state index contributed by atoms with van der Waals surface area (Å²) in [6, 6.07) is -1.35. The lowest BCUT2D eigenvalue weighted by Gasteiger charge is -2.32. The maximum Gasteiger partial charge on any atom is 0.245 e. The van der Waals surface area contributed by atoms with Crippen molar-refractivity contribution in [3.05, 3.63) is 0 Å². The monoisotopic (exact) mass is 324 g/mol. The van der Waals surface area contributed by atoms with Gasteiger partial charge in [-0.05, 0) is 20.1 Å². The summed E-state index contributed by atoms with van der Waals surface area (Å²) in [6.07, 6.45) is 0.721. The number of aliphatic hydroxyl groups is 2. The maximum atomic E-state index is 12.2. The summed E-state index contributed by atoms with van der Waals surface area (Å²) in [6.45, 7) is 3.17. The Morgan fingerprint density at radius 3 is 2.15 bits per heavy atom. The Balaban J connectivity index is 4.52. The molecule has 0 bridgehead atoms. The molecule has 0 fully saturated rings. The fraction of sp³-hybridized carbons (Fsp3) is 0.833. The number of rotatable bonds is 8. The van der Waals surface area contributed by atoms with E-state index in [4.69, 9.17) is 10.2 Å². The van der Waals surface area contributed by atoms with Gasteiger partial charge in [-0.15, -0.1) is 0 Å². The van der Waals surface area contributed by atoms with E-state index in [-0.39, 0.29) is 11.8 Å². The predicted molar refractivity (Wildman–Crippen MR) is 83.3 cm³/mol. The molecule has 20 heavy (non-hydrogen) atoms. The number of nitrogens with zero attached hydrogens (tertiary/aromatic N) is 2. The van der Waals surface area contributed by atoms with Gasteiger partial charge in [-0.1, -0.05) is 21.6 Å². The van der Waals surface area contributed by atoms with E-state index < -0.39 is 18.4 Å². The Morgan fingerprint density at radius 1 is 1.15 bits per heavy atom. The minimum absolute atomic E-state index is 0.0991. The van der Waals surface area contributed by atoms with Gasteiger partial charge in [-0.2, -0.15) is 0 Å². The van der Waals surface area contributed by atoms with Crippen LogP contribution in [0.1, 0.15) is 20.3 Å². The molecule has 0 aromatic heterocycles. The van der Waals surface area contributed by atoms with Crippen LogP contribution in [0.25, 0.3) is 0 Å². The number of hydrogen-bond donors (Lipinski definition) is 2. The predicted octanol–water partition coefficient (Wildman–Crippen LogP) is 0.392. The minimum atomic E-state index is -1.60. The summed E-state index contributed by atoms with van der Waals surface area (Å²) in [7, 11) is 6.27. The van der Waals surface area contributed by atoms with Crippen LogP contribution < -0.4 is 0 Å². The molecular weight excluding hydrogens is 300 g/mol. The maximum absolute atomic E-state index is 12.2. The van der Waals surface area contributed by atoms with Crippen molar-refractivity contribution in [1.29, 1.82) is 0 Å². The van der Waals surface area contributed by atoms with Crippen LogP contribution >= 0.6 is 21.6 Å². The quantitative estimate of drug-likeness (QED) is 0.382. The van der Waals surface area contributed by atoms with Gasteiger partial charge >= 0.3 is 0 Å². The fourth-order valence-corrected chi connectivity index (χ4v) is 2.64. The molecular formula is C12H24N2O4S2. The van der Waals surface area contributed by atoms with Crippen LogP contribution in [0.2, 0.25) is 0 Å². The van der Waals surface area contributed by atoms with E-state index in [1.165, 1.54) is 23.8 Å². The van der Waals surface area contributed by atoms with Crippen LogP contribution in [-0.4, -0.2) is 76.3 Å². The normalized spacial score (nSPS) is 14.0. The second-order valence-corrected chi connectivity index (χ2v) is 7.21. The molecule has 0 radical (unpaired) electrons. The molecule has 0 heterocycles.